The van der Waals surface area contributed by atoms with Gasteiger partial charge in [-0.25, -0.2) is 38.4 Å². The molecule has 0 bridgehead atoms. The Morgan fingerprint density at radius 3 is 0.975 bits per heavy atom. The molecule has 432 valence electrons. The first-order valence-electron chi connectivity index (χ1n) is 25.9. The lowest BCUT2D eigenvalue weighted by Crippen LogP contribution is -2.35. The van der Waals surface area contributed by atoms with E-state index in [1.165, 1.54) is 49.3 Å². The molecule has 6 aromatic rings. The molecule has 9 heterocycles. The molecule has 3 aromatic carbocycles. The Bertz CT molecular complexity index is 3490. The lowest BCUT2D eigenvalue weighted by atomic mass is 9.90. The number of carbonyl (C=O) groups is 3. The minimum absolute atomic E-state index is 0.0933. The molecule has 81 heavy (non-hydrogen) atoms. The fraction of sp³-hybridized carbons (Fsp3) is 0.412. The highest BCUT2D eigenvalue weighted by molar-refractivity contribution is 7.88. The van der Waals surface area contributed by atoms with Gasteiger partial charge < -0.3 is 33.2 Å². The fourth-order valence-corrected chi connectivity index (χ4v) is 13.6. The van der Waals surface area contributed by atoms with Gasteiger partial charge in [0.2, 0.25) is 30.1 Å². The quantitative estimate of drug-likeness (QED) is 0.139. The molecular weight excluding hydrogens is 1120 g/mol. The van der Waals surface area contributed by atoms with E-state index >= 15 is 0 Å². The molecule has 30 heteroatoms. The van der Waals surface area contributed by atoms with Gasteiger partial charge in [0.25, 0.3) is 17.7 Å². The van der Waals surface area contributed by atoms with E-state index in [-0.39, 0.29) is 54.8 Å². The number of anilines is 6. The number of sulfonamides is 3. The molecule has 6 aliphatic heterocycles. The summed E-state index contributed by atoms with van der Waals surface area (Å²) in [5, 5.41) is 22.4. The zero-order valence-corrected chi connectivity index (χ0v) is 46.8. The number of carbonyl (C=O) groups excluding carboxylic acids is 3. The molecule has 9 N–H and O–H groups in total. The van der Waals surface area contributed by atoms with Crippen LogP contribution in [0.4, 0.5) is 47.7 Å². The number of rotatable bonds is 6. The van der Waals surface area contributed by atoms with Crippen LogP contribution in [0.5, 0.6) is 0 Å². The van der Waals surface area contributed by atoms with E-state index in [4.69, 9.17) is 17.2 Å². The molecule has 0 aliphatic carbocycles. The number of nitrogens with one attached hydrogen (secondary N) is 3. The Kier molecular flexibility index (Phi) is 15.3. The predicted molar refractivity (Wildman–Crippen MR) is 295 cm³/mol. The van der Waals surface area contributed by atoms with Crippen LogP contribution >= 0.6 is 0 Å². The number of nitrogen functional groups attached to an aromatic ring is 3. The van der Waals surface area contributed by atoms with Crippen LogP contribution in [0.1, 0.15) is 102 Å². The van der Waals surface area contributed by atoms with Crippen molar-refractivity contribution in [3.8, 4) is 0 Å². The number of aromatic nitrogens is 6. The summed E-state index contributed by atoms with van der Waals surface area (Å²) in [6.07, 6.45) is 6.12. The molecule has 0 spiro atoms. The monoisotopic (exact) mass is 1180 g/mol. The van der Waals surface area contributed by atoms with Gasteiger partial charge in [-0.3, -0.25) is 14.4 Å². The van der Waals surface area contributed by atoms with Gasteiger partial charge in [-0.05, 0) is 110 Å². The van der Waals surface area contributed by atoms with Gasteiger partial charge in [0.05, 0.1) is 73.2 Å². The molecule has 0 fully saturated rings. The molecule has 24 nitrogen and oxygen atoms in total. The van der Waals surface area contributed by atoms with Crippen LogP contribution in [0, 0.1) is 17.5 Å². The van der Waals surface area contributed by atoms with Crippen LogP contribution in [0.15, 0.2) is 54.6 Å². The molecule has 6 aliphatic rings. The van der Waals surface area contributed by atoms with Crippen LogP contribution in [0.25, 0.3) is 0 Å². The zero-order chi connectivity index (χ0) is 58.0. The van der Waals surface area contributed by atoms with Gasteiger partial charge in [-0.15, -0.1) is 0 Å². The summed E-state index contributed by atoms with van der Waals surface area (Å²) in [6, 6.07) is 13.0. The Morgan fingerprint density at radius 1 is 0.469 bits per heavy atom. The number of nitrogens with zero attached hydrogens (tertiary/aromatic N) is 9. The van der Waals surface area contributed by atoms with Crippen LogP contribution in [0.3, 0.4) is 0 Å². The third-order valence-corrected chi connectivity index (χ3v) is 19.2. The van der Waals surface area contributed by atoms with Crippen LogP contribution in [0.2, 0.25) is 0 Å². The fourth-order valence-electron chi connectivity index (χ4n) is 11.2. The van der Waals surface area contributed by atoms with Crippen molar-refractivity contribution in [1.82, 2.24) is 42.3 Å². The molecule has 0 radical (unpaired) electrons. The summed E-state index contributed by atoms with van der Waals surface area (Å²) in [6.45, 7) is 2.93. The first-order valence-corrected chi connectivity index (χ1v) is 31.5. The Balaban J connectivity index is 0.000000136. The van der Waals surface area contributed by atoms with E-state index in [1.807, 2.05) is 0 Å². The largest absolute Gasteiger partial charge is 0.385 e. The molecule has 12 rings (SSSR count). The smallest absolute Gasteiger partial charge is 0.256 e. The Morgan fingerprint density at radius 2 is 0.728 bits per heavy atom. The van der Waals surface area contributed by atoms with Crippen molar-refractivity contribution in [1.29, 1.82) is 0 Å². The number of fused-ring (bicyclic) bond motifs is 6. The number of hydrogen-bond acceptors (Lipinski definition) is 18. The van der Waals surface area contributed by atoms with Crippen molar-refractivity contribution in [2.24, 2.45) is 0 Å². The summed E-state index contributed by atoms with van der Waals surface area (Å²) < 4.78 is 119. The minimum Gasteiger partial charge on any atom is -0.385 e. The van der Waals surface area contributed by atoms with Gasteiger partial charge in [0.1, 0.15) is 34.9 Å². The maximum Gasteiger partial charge on any atom is 0.256 e. The minimum atomic E-state index is -3.35. The molecule has 0 amide bonds. The standard InChI is InChI=1S/3C17H20FN5O3S/c3*1-27(25,26)22-7-5-12-15(9-22)21-23(16(12)19)17(24)11-4-6-20-14-3-2-10(18)8-13(11)14/h3*2-3,8,11,20H,4-7,9,19H2,1H3/t11-;;/m0../s1. The van der Waals surface area contributed by atoms with Crippen molar-refractivity contribution < 1.29 is 52.8 Å². The van der Waals surface area contributed by atoms with E-state index in [1.54, 1.807) is 18.2 Å². The van der Waals surface area contributed by atoms with Crippen LogP contribution < -0.4 is 33.2 Å². The van der Waals surface area contributed by atoms with Crippen molar-refractivity contribution in [2.45, 2.75) is 75.9 Å². The topological polar surface area (TPSA) is 331 Å². The van der Waals surface area contributed by atoms with Gasteiger partial charge >= 0.3 is 0 Å². The average Bonchev–Trinajstić information content (AvgIpc) is 4.16. The van der Waals surface area contributed by atoms with Gasteiger partial charge in [0, 0.05) is 73.0 Å². The van der Waals surface area contributed by atoms with Crippen molar-refractivity contribution in [2.75, 3.05) is 91.2 Å². The number of halogens is 3. The molecule has 0 saturated carbocycles. The number of hydrogen-bond donors (Lipinski definition) is 6. The summed E-state index contributed by atoms with van der Waals surface area (Å²) in [7, 11) is -10.0. The summed E-state index contributed by atoms with van der Waals surface area (Å²) in [4.78, 5) is 39.4. The molecule has 0 saturated heterocycles. The highest BCUT2D eigenvalue weighted by Gasteiger charge is 2.38. The van der Waals surface area contributed by atoms with Crippen LogP contribution in [-0.2, 0) is 69.0 Å². The average molecular weight is 1180 g/mol. The molecular formula is C51H60F3N15O9S3. The molecule has 3 aromatic heterocycles. The number of nitrogens with two attached hydrogens (primary N) is 3. The van der Waals surface area contributed by atoms with E-state index in [0.717, 1.165) is 49.9 Å². The third-order valence-electron chi connectivity index (χ3n) is 15.5. The van der Waals surface area contributed by atoms with Crippen molar-refractivity contribution in [3.05, 3.63) is 123 Å². The summed E-state index contributed by atoms with van der Waals surface area (Å²) in [5.74, 6) is -3.21. The second-order valence-electron chi connectivity index (χ2n) is 20.7. The van der Waals surface area contributed by atoms with E-state index < -0.39 is 65.3 Å². The normalized spacial score (nSPS) is 19.9. The lowest BCUT2D eigenvalue weighted by molar-refractivity contribution is 0.0851. The Hall–Kier alpha value is -7.38. The highest BCUT2D eigenvalue weighted by atomic mass is 32.2. The molecule has 3 atom stereocenters. The van der Waals surface area contributed by atoms with E-state index in [2.05, 4.69) is 31.2 Å². The maximum absolute atomic E-state index is 13.7. The predicted octanol–water partition coefficient (Wildman–Crippen LogP) is 3.49. The summed E-state index contributed by atoms with van der Waals surface area (Å²) in [5.41, 5.74) is 26.0. The van der Waals surface area contributed by atoms with Gasteiger partial charge in [0.15, 0.2) is 0 Å². The van der Waals surface area contributed by atoms with Gasteiger partial charge in [-0.2, -0.15) is 42.3 Å². The third kappa shape index (κ3) is 11.4. The first kappa shape index (κ1) is 56.9. The lowest BCUT2D eigenvalue weighted by Gasteiger charge is -2.25. The Labute approximate surface area is 464 Å². The van der Waals surface area contributed by atoms with E-state index in [9.17, 15) is 52.8 Å². The van der Waals surface area contributed by atoms with E-state index in [0.29, 0.717) is 128 Å². The molecule has 2 unspecified atom stereocenters. The SMILES string of the molecule is CS(=O)(=O)N1CCc2c(nn(C(=O)C3CCNc4ccc(F)cc43)c2N)C1.CS(=O)(=O)N1CCc2c(nn(C(=O)C3CCNc4ccc(F)cc43)c2N)C1.CS(=O)(=O)N1CCc2c(nn(C(=O)[C@H]3CCNc4ccc(F)cc43)c2N)C1. The first-order chi connectivity index (χ1) is 38.3. The van der Waals surface area contributed by atoms with Gasteiger partial charge in [-0.1, -0.05) is 0 Å². The van der Waals surface area contributed by atoms with Crippen molar-refractivity contribution in [3.63, 3.8) is 0 Å². The van der Waals surface area contributed by atoms with Crippen LogP contribution in [-0.4, -0.2) is 143 Å². The zero-order valence-electron chi connectivity index (χ0n) is 44.3. The highest BCUT2D eigenvalue weighted by Crippen LogP contribution is 2.38. The second-order valence-corrected chi connectivity index (χ2v) is 26.7. The summed E-state index contributed by atoms with van der Waals surface area (Å²) >= 11 is 0. The maximum atomic E-state index is 13.7. The van der Waals surface area contributed by atoms with Crippen molar-refractivity contribution >= 4 is 82.3 Å². The number of benzene rings is 3. The second kappa shape index (κ2) is 21.8.